The number of amides is 2. The smallest absolute Gasteiger partial charge is 0.307 e. The van der Waals surface area contributed by atoms with Crippen molar-refractivity contribution in [1.82, 2.24) is 5.32 Å². The molecule has 0 bridgehead atoms. The van der Waals surface area contributed by atoms with Gasteiger partial charge in [-0.1, -0.05) is 18.2 Å². The average molecular weight is 402 g/mol. The number of methoxy groups -OCH3 is 1. The molecule has 2 atom stereocenters. The van der Waals surface area contributed by atoms with Crippen molar-refractivity contribution < 1.29 is 23.9 Å². The van der Waals surface area contributed by atoms with Crippen LogP contribution in [-0.4, -0.2) is 37.5 Å². The third-order valence-electron chi connectivity index (χ3n) is 4.46. The molecule has 1 aliphatic heterocycles. The zero-order chi connectivity index (χ0) is 20.1. The van der Waals surface area contributed by atoms with Crippen LogP contribution in [0.25, 0.3) is 0 Å². The molecule has 1 aromatic carbocycles. The number of hydrogen-bond acceptors (Lipinski definition) is 6. The first kappa shape index (κ1) is 19.9. The number of carbonyl (C=O) groups is 3. The normalized spacial score (nSPS) is 16.7. The molecule has 8 heteroatoms. The Labute approximate surface area is 167 Å². The Morgan fingerprint density at radius 1 is 1.29 bits per heavy atom. The molecule has 7 nitrogen and oxygen atoms in total. The fourth-order valence-corrected chi connectivity index (χ4v) is 3.81. The lowest BCUT2D eigenvalue weighted by molar-refractivity contribution is -0.141. The summed E-state index contributed by atoms with van der Waals surface area (Å²) >= 11 is 1.46. The maximum atomic E-state index is 12.5. The van der Waals surface area contributed by atoms with Gasteiger partial charge in [0.15, 0.2) is 6.10 Å². The number of hydrogen-bond donors (Lipinski definition) is 1. The molecule has 0 spiro atoms. The summed E-state index contributed by atoms with van der Waals surface area (Å²) in [6.45, 7) is 1.92. The van der Waals surface area contributed by atoms with Crippen molar-refractivity contribution in [2.75, 3.05) is 18.6 Å². The van der Waals surface area contributed by atoms with Crippen LogP contribution in [-0.2, 0) is 19.1 Å². The average Bonchev–Trinajstić information content (AvgIpc) is 3.22. The van der Waals surface area contributed by atoms with Gasteiger partial charge in [-0.15, -0.1) is 11.3 Å². The van der Waals surface area contributed by atoms with Crippen molar-refractivity contribution in [1.29, 1.82) is 0 Å². The SMILES string of the molecule is COC(=O)CC(NC(=O)CCN1C(=O)C(C)Oc2ccccc21)c1cccs1. The van der Waals surface area contributed by atoms with Gasteiger partial charge in [0.05, 0.1) is 25.3 Å². The van der Waals surface area contributed by atoms with E-state index < -0.39 is 18.1 Å². The fourth-order valence-electron chi connectivity index (χ4n) is 3.03. The molecule has 0 saturated carbocycles. The first-order valence-corrected chi connectivity index (χ1v) is 9.84. The monoisotopic (exact) mass is 402 g/mol. The maximum Gasteiger partial charge on any atom is 0.307 e. The van der Waals surface area contributed by atoms with Gasteiger partial charge in [-0.2, -0.15) is 0 Å². The van der Waals surface area contributed by atoms with Crippen molar-refractivity contribution in [3.63, 3.8) is 0 Å². The zero-order valence-electron chi connectivity index (χ0n) is 15.7. The summed E-state index contributed by atoms with van der Waals surface area (Å²) in [5, 5.41) is 4.76. The van der Waals surface area contributed by atoms with Gasteiger partial charge in [0.25, 0.3) is 5.91 Å². The van der Waals surface area contributed by atoms with E-state index in [1.807, 2.05) is 29.6 Å². The fraction of sp³-hybridized carbons (Fsp3) is 0.350. The highest BCUT2D eigenvalue weighted by molar-refractivity contribution is 7.10. The minimum Gasteiger partial charge on any atom is -0.479 e. The van der Waals surface area contributed by atoms with Crippen LogP contribution in [0.3, 0.4) is 0 Å². The van der Waals surface area contributed by atoms with Gasteiger partial charge >= 0.3 is 5.97 Å². The maximum absolute atomic E-state index is 12.5. The zero-order valence-corrected chi connectivity index (χ0v) is 16.5. The van der Waals surface area contributed by atoms with E-state index in [1.165, 1.54) is 18.4 Å². The molecule has 1 aromatic heterocycles. The molecule has 0 aliphatic carbocycles. The number of anilines is 1. The number of rotatable bonds is 7. The predicted octanol–water partition coefficient (Wildman–Crippen LogP) is 2.67. The second kappa shape index (κ2) is 8.88. The van der Waals surface area contributed by atoms with Crippen molar-refractivity contribution in [3.8, 4) is 5.75 Å². The van der Waals surface area contributed by atoms with E-state index in [1.54, 1.807) is 24.0 Å². The van der Waals surface area contributed by atoms with Gasteiger partial charge in [-0.3, -0.25) is 14.4 Å². The second-order valence-electron chi connectivity index (χ2n) is 6.38. The topological polar surface area (TPSA) is 84.9 Å². The Morgan fingerprint density at radius 2 is 2.07 bits per heavy atom. The quantitative estimate of drug-likeness (QED) is 0.720. The van der Waals surface area contributed by atoms with Gasteiger partial charge < -0.3 is 19.7 Å². The van der Waals surface area contributed by atoms with E-state index in [-0.39, 0.29) is 31.2 Å². The van der Waals surface area contributed by atoms with Gasteiger partial charge in [-0.05, 0) is 30.5 Å². The van der Waals surface area contributed by atoms with Crippen molar-refractivity contribution >= 4 is 34.8 Å². The Kier molecular flexibility index (Phi) is 6.30. The number of nitrogens with zero attached hydrogens (tertiary/aromatic N) is 1. The molecule has 2 heterocycles. The lowest BCUT2D eigenvalue weighted by Crippen LogP contribution is -2.46. The number of fused-ring (bicyclic) bond motifs is 1. The summed E-state index contributed by atoms with van der Waals surface area (Å²) in [6, 6.07) is 10.5. The predicted molar refractivity (Wildman–Crippen MR) is 105 cm³/mol. The van der Waals surface area contributed by atoms with Crippen molar-refractivity contribution in [2.24, 2.45) is 0 Å². The van der Waals surface area contributed by atoms with Crippen LogP contribution in [0.2, 0.25) is 0 Å². The summed E-state index contributed by atoms with van der Waals surface area (Å²) in [5.41, 5.74) is 0.655. The van der Waals surface area contributed by atoms with Crippen LogP contribution >= 0.6 is 11.3 Å². The van der Waals surface area contributed by atoms with E-state index in [0.717, 1.165) is 4.88 Å². The number of thiophene rings is 1. The first-order valence-electron chi connectivity index (χ1n) is 8.96. The molecule has 0 fully saturated rings. The van der Waals surface area contributed by atoms with E-state index in [0.29, 0.717) is 11.4 Å². The summed E-state index contributed by atoms with van der Waals surface area (Å²) in [5.74, 6) is -0.204. The standard InChI is InChI=1S/C20H22N2O5S/c1-13-20(25)22(15-6-3-4-7-16(15)27-13)10-9-18(23)21-14(12-19(24)26-2)17-8-5-11-28-17/h3-8,11,13-14H,9-10,12H2,1-2H3,(H,21,23). The molecule has 1 aliphatic rings. The minimum absolute atomic E-state index is 0.0547. The van der Waals surface area contributed by atoms with Gasteiger partial charge in [0.2, 0.25) is 5.91 Å². The second-order valence-corrected chi connectivity index (χ2v) is 7.36. The number of para-hydroxylation sites is 2. The Morgan fingerprint density at radius 3 is 2.79 bits per heavy atom. The highest BCUT2D eigenvalue weighted by Crippen LogP contribution is 2.33. The molecule has 148 valence electrons. The largest absolute Gasteiger partial charge is 0.479 e. The number of carbonyl (C=O) groups excluding carboxylic acids is 3. The molecule has 28 heavy (non-hydrogen) atoms. The van der Waals surface area contributed by atoms with E-state index in [9.17, 15) is 14.4 Å². The van der Waals surface area contributed by atoms with E-state index >= 15 is 0 Å². The molecular formula is C20H22N2O5S. The summed E-state index contributed by atoms with van der Waals surface area (Å²) < 4.78 is 10.3. The molecule has 1 N–H and O–H groups in total. The molecule has 0 saturated heterocycles. The van der Waals surface area contributed by atoms with Gasteiger partial charge in [0.1, 0.15) is 5.75 Å². The lowest BCUT2D eigenvalue weighted by Gasteiger charge is -2.33. The summed E-state index contributed by atoms with van der Waals surface area (Å²) in [6.07, 6.45) is -0.439. The van der Waals surface area contributed by atoms with Gasteiger partial charge in [0, 0.05) is 17.8 Å². The summed E-state index contributed by atoms with van der Waals surface area (Å²) in [7, 11) is 1.32. The molecule has 2 unspecified atom stereocenters. The third-order valence-corrected chi connectivity index (χ3v) is 5.44. The highest BCUT2D eigenvalue weighted by atomic mass is 32.1. The third kappa shape index (κ3) is 4.51. The Balaban J connectivity index is 1.66. The van der Waals surface area contributed by atoms with Crippen LogP contribution in [0.1, 0.15) is 30.7 Å². The molecular weight excluding hydrogens is 380 g/mol. The van der Waals surface area contributed by atoms with E-state index in [4.69, 9.17) is 9.47 Å². The number of nitrogens with one attached hydrogen (secondary N) is 1. The van der Waals surface area contributed by atoms with Crippen LogP contribution < -0.4 is 15.0 Å². The Bertz CT molecular complexity index is 852. The van der Waals surface area contributed by atoms with Gasteiger partial charge in [-0.25, -0.2) is 0 Å². The molecule has 3 rings (SSSR count). The van der Waals surface area contributed by atoms with Crippen LogP contribution in [0, 0.1) is 0 Å². The van der Waals surface area contributed by atoms with Crippen molar-refractivity contribution in [3.05, 3.63) is 46.7 Å². The highest BCUT2D eigenvalue weighted by Gasteiger charge is 2.31. The minimum atomic E-state index is -0.601. The van der Waals surface area contributed by atoms with Crippen LogP contribution in [0.4, 0.5) is 5.69 Å². The first-order chi connectivity index (χ1) is 13.5. The Hall–Kier alpha value is -2.87. The molecule has 2 amide bonds. The lowest BCUT2D eigenvalue weighted by atomic mass is 10.1. The number of benzene rings is 1. The number of ether oxygens (including phenoxy) is 2. The van der Waals surface area contributed by atoms with E-state index in [2.05, 4.69) is 5.32 Å². The molecule has 0 radical (unpaired) electrons. The summed E-state index contributed by atoms with van der Waals surface area (Å²) in [4.78, 5) is 39.2. The van der Waals surface area contributed by atoms with Crippen LogP contribution in [0.5, 0.6) is 5.75 Å². The molecule has 2 aromatic rings. The van der Waals surface area contributed by atoms with Crippen molar-refractivity contribution in [2.45, 2.75) is 31.9 Å². The number of esters is 1. The van der Waals surface area contributed by atoms with Crippen LogP contribution in [0.15, 0.2) is 41.8 Å².